The molecule has 0 radical (unpaired) electrons. The van der Waals surface area contributed by atoms with E-state index in [2.05, 4.69) is 24.4 Å². The van der Waals surface area contributed by atoms with Crippen LogP contribution in [0.15, 0.2) is 36.4 Å². The lowest BCUT2D eigenvalue weighted by Crippen LogP contribution is -2.54. The van der Waals surface area contributed by atoms with Gasteiger partial charge in [-0.3, -0.25) is 0 Å². The van der Waals surface area contributed by atoms with Gasteiger partial charge in [-0.25, -0.2) is 0 Å². The molecule has 0 saturated heterocycles. The summed E-state index contributed by atoms with van der Waals surface area (Å²) in [6, 6.07) is 12.4. The van der Waals surface area contributed by atoms with Crippen LogP contribution in [0.5, 0.6) is 11.5 Å². The van der Waals surface area contributed by atoms with Crippen molar-refractivity contribution in [2.45, 2.75) is 71.6 Å². The first-order chi connectivity index (χ1) is 15.9. The highest BCUT2D eigenvalue weighted by Gasteiger charge is 2.52. The molecular weight excluding hydrogens is 453 g/mol. The Kier molecular flexibility index (Phi) is 6.84. The highest BCUT2D eigenvalue weighted by Crippen LogP contribution is 2.61. The van der Waals surface area contributed by atoms with Crippen molar-refractivity contribution in [2.24, 2.45) is 23.2 Å². The van der Waals surface area contributed by atoms with E-state index in [9.17, 15) is 0 Å². The van der Waals surface area contributed by atoms with Crippen LogP contribution in [0.1, 0.15) is 63.5 Å². The van der Waals surface area contributed by atoms with E-state index in [1.165, 1.54) is 44.1 Å². The van der Waals surface area contributed by atoms with Gasteiger partial charge in [0.1, 0.15) is 6.61 Å². The van der Waals surface area contributed by atoms with Gasteiger partial charge in [0.15, 0.2) is 11.5 Å². The van der Waals surface area contributed by atoms with Crippen molar-refractivity contribution in [1.82, 2.24) is 5.32 Å². The summed E-state index contributed by atoms with van der Waals surface area (Å²) in [7, 11) is 0. The van der Waals surface area contributed by atoms with Crippen molar-refractivity contribution in [3.63, 3.8) is 0 Å². The molecule has 0 aliphatic heterocycles. The SMILES string of the molecule is CCOc1cc(CNC(C)C23CC4CC(CC(C4)C2)C3)ccc1OCc1ccc(Cl)c(Cl)c1. The summed E-state index contributed by atoms with van der Waals surface area (Å²) in [5.41, 5.74) is 2.72. The van der Waals surface area contributed by atoms with Gasteiger partial charge < -0.3 is 14.8 Å². The minimum atomic E-state index is 0.414. The zero-order valence-corrected chi connectivity index (χ0v) is 21.2. The summed E-state index contributed by atoms with van der Waals surface area (Å²) in [6.07, 6.45) is 8.77. The number of nitrogens with one attached hydrogen (secondary N) is 1. The summed E-state index contributed by atoms with van der Waals surface area (Å²) >= 11 is 12.2. The zero-order chi connectivity index (χ0) is 23.0. The fourth-order valence-electron chi connectivity index (χ4n) is 7.04. The first-order valence-corrected chi connectivity index (χ1v) is 13.3. The molecule has 4 fully saturated rings. The van der Waals surface area contributed by atoms with Crippen molar-refractivity contribution >= 4 is 23.2 Å². The molecule has 2 aromatic carbocycles. The second-order valence-electron chi connectivity index (χ2n) is 10.6. The van der Waals surface area contributed by atoms with Gasteiger partial charge >= 0.3 is 0 Å². The number of rotatable bonds is 9. The lowest BCUT2D eigenvalue weighted by molar-refractivity contribution is -0.0706. The van der Waals surface area contributed by atoms with Gasteiger partial charge in [-0.15, -0.1) is 0 Å². The lowest BCUT2D eigenvalue weighted by Gasteiger charge is -2.59. The molecule has 4 aliphatic rings. The molecule has 1 unspecified atom stereocenters. The maximum absolute atomic E-state index is 6.14. The second-order valence-corrected chi connectivity index (χ2v) is 11.4. The molecule has 4 saturated carbocycles. The van der Waals surface area contributed by atoms with Gasteiger partial charge in [0.05, 0.1) is 16.7 Å². The molecule has 33 heavy (non-hydrogen) atoms. The predicted octanol–water partition coefficient (Wildman–Crippen LogP) is 7.67. The number of ether oxygens (including phenoxy) is 2. The van der Waals surface area contributed by atoms with Gasteiger partial charge in [-0.1, -0.05) is 35.3 Å². The standard InChI is InChI=1S/C28H35Cl2NO2/c1-3-32-27-12-19(5-7-26(27)33-17-20-4-6-24(29)25(30)11-20)16-31-18(2)28-13-21-8-22(14-28)10-23(9-21)15-28/h4-7,11-12,18,21-23,31H,3,8-10,13-17H2,1-2H3. The molecule has 0 amide bonds. The number of hydrogen-bond acceptors (Lipinski definition) is 3. The van der Waals surface area contributed by atoms with E-state index in [1.54, 1.807) is 6.07 Å². The Morgan fingerprint density at radius 1 is 0.879 bits per heavy atom. The van der Waals surface area contributed by atoms with Crippen molar-refractivity contribution in [2.75, 3.05) is 6.61 Å². The van der Waals surface area contributed by atoms with Gasteiger partial charge in [-0.2, -0.15) is 0 Å². The van der Waals surface area contributed by atoms with Crippen molar-refractivity contribution in [3.8, 4) is 11.5 Å². The van der Waals surface area contributed by atoms with Crippen LogP contribution in [0.4, 0.5) is 0 Å². The van der Waals surface area contributed by atoms with Crippen LogP contribution in [0.25, 0.3) is 0 Å². The smallest absolute Gasteiger partial charge is 0.161 e. The molecule has 2 aromatic rings. The summed E-state index contributed by atoms with van der Waals surface area (Å²) in [4.78, 5) is 0. The quantitative estimate of drug-likeness (QED) is 0.393. The fourth-order valence-corrected chi connectivity index (χ4v) is 7.36. The Morgan fingerprint density at radius 2 is 1.55 bits per heavy atom. The molecule has 178 valence electrons. The largest absolute Gasteiger partial charge is 0.490 e. The van der Waals surface area contributed by atoms with E-state index in [-0.39, 0.29) is 0 Å². The van der Waals surface area contributed by atoms with E-state index in [1.807, 2.05) is 25.1 Å². The third kappa shape index (κ3) is 5.01. The lowest BCUT2D eigenvalue weighted by atomic mass is 9.48. The zero-order valence-electron chi connectivity index (χ0n) is 19.7. The van der Waals surface area contributed by atoms with E-state index < -0.39 is 0 Å². The molecule has 6 rings (SSSR count). The summed E-state index contributed by atoms with van der Waals surface area (Å²) < 4.78 is 12.0. The molecule has 0 heterocycles. The van der Waals surface area contributed by atoms with Crippen LogP contribution in [0, 0.1) is 23.2 Å². The summed E-state index contributed by atoms with van der Waals surface area (Å²) in [6.45, 7) is 6.30. The Morgan fingerprint density at radius 3 is 2.18 bits per heavy atom. The molecule has 1 N–H and O–H groups in total. The first-order valence-electron chi connectivity index (χ1n) is 12.5. The third-order valence-electron chi connectivity index (χ3n) is 8.30. The Labute approximate surface area is 208 Å². The monoisotopic (exact) mass is 487 g/mol. The van der Waals surface area contributed by atoms with Crippen LogP contribution in [0.2, 0.25) is 10.0 Å². The van der Waals surface area contributed by atoms with Crippen LogP contribution >= 0.6 is 23.2 Å². The molecule has 4 aliphatic carbocycles. The number of hydrogen-bond donors (Lipinski definition) is 1. The maximum atomic E-state index is 6.14. The van der Waals surface area contributed by atoms with Crippen LogP contribution < -0.4 is 14.8 Å². The minimum Gasteiger partial charge on any atom is -0.490 e. The van der Waals surface area contributed by atoms with Crippen LogP contribution in [-0.4, -0.2) is 12.6 Å². The summed E-state index contributed by atoms with van der Waals surface area (Å²) in [5.74, 6) is 4.49. The Balaban J connectivity index is 1.22. The van der Waals surface area contributed by atoms with Crippen LogP contribution in [-0.2, 0) is 13.2 Å². The van der Waals surface area contributed by atoms with Crippen molar-refractivity contribution in [1.29, 1.82) is 0 Å². The summed E-state index contributed by atoms with van der Waals surface area (Å²) in [5, 5.41) is 4.98. The van der Waals surface area contributed by atoms with E-state index in [0.29, 0.717) is 34.7 Å². The maximum Gasteiger partial charge on any atom is 0.161 e. The molecule has 3 nitrogen and oxygen atoms in total. The van der Waals surface area contributed by atoms with Gasteiger partial charge in [0, 0.05) is 12.6 Å². The first kappa shape index (κ1) is 23.3. The molecule has 4 bridgehead atoms. The molecular formula is C28H35Cl2NO2. The average Bonchev–Trinajstić information content (AvgIpc) is 2.78. The van der Waals surface area contributed by atoms with E-state index in [4.69, 9.17) is 32.7 Å². The third-order valence-corrected chi connectivity index (χ3v) is 9.04. The number of benzene rings is 2. The highest BCUT2D eigenvalue weighted by molar-refractivity contribution is 6.42. The Hall–Kier alpha value is -1.42. The minimum absolute atomic E-state index is 0.414. The average molecular weight is 488 g/mol. The van der Waals surface area contributed by atoms with Gasteiger partial charge in [0.2, 0.25) is 0 Å². The van der Waals surface area contributed by atoms with Crippen molar-refractivity contribution < 1.29 is 9.47 Å². The normalized spacial score (nSPS) is 28.7. The predicted molar refractivity (Wildman–Crippen MR) is 135 cm³/mol. The molecule has 5 heteroatoms. The van der Waals surface area contributed by atoms with Crippen molar-refractivity contribution in [3.05, 3.63) is 57.6 Å². The van der Waals surface area contributed by atoms with Crippen LogP contribution in [0.3, 0.4) is 0 Å². The van der Waals surface area contributed by atoms with Gasteiger partial charge in [0.25, 0.3) is 0 Å². The highest BCUT2D eigenvalue weighted by atomic mass is 35.5. The van der Waals surface area contributed by atoms with E-state index >= 15 is 0 Å². The second kappa shape index (κ2) is 9.68. The number of halogens is 2. The van der Waals surface area contributed by atoms with Gasteiger partial charge in [-0.05, 0) is 111 Å². The van der Waals surface area contributed by atoms with E-state index in [0.717, 1.165) is 41.4 Å². The molecule has 0 aromatic heterocycles. The fraction of sp³-hybridized carbons (Fsp3) is 0.571. The Bertz CT molecular complexity index is 957. The topological polar surface area (TPSA) is 30.5 Å². The molecule has 0 spiro atoms. The molecule has 1 atom stereocenters.